The van der Waals surface area contributed by atoms with Gasteiger partial charge in [0.1, 0.15) is 4.21 Å². The van der Waals surface area contributed by atoms with Gasteiger partial charge in [0.25, 0.3) is 10.0 Å². The molecule has 4 nitrogen and oxygen atoms in total. The maximum absolute atomic E-state index is 12.7. The molecular weight excluding hydrogens is 292 g/mol. The second-order valence-electron chi connectivity index (χ2n) is 5.15. The van der Waals surface area contributed by atoms with Crippen LogP contribution in [0.4, 0.5) is 0 Å². The Morgan fingerprint density at radius 2 is 2.25 bits per heavy atom. The lowest BCUT2D eigenvalue weighted by Crippen LogP contribution is -2.32. The molecule has 1 aromatic rings. The van der Waals surface area contributed by atoms with Gasteiger partial charge in [0.2, 0.25) is 0 Å². The quantitative estimate of drug-likeness (QED) is 0.781. The highest BCUT2D eigenvalue weighted by atomic mass is 32.2. The minimum absolute atomic E-state index is 0.150. The van der Waals surface area contributed by atoms with E-state index >= 15 is 0 Å². The number of aryl methyl sites for hydroxylation is 1. The van der Waals surface area contributed by atoms with Crippen LogP contribution >= 0.6 is 11.3 Å². The molecule has 110 valence electrons. The van der Waals surface area contributed by atoms with E-state index in [1.54, 1.807) is 6.07 Å². The zero-order valence-electron chi connectivity index (χ0n) is 11.8. The molecule has 1 N–H and O–H groups in total. The lowest BCUT2D eigenvalue weighted by atomic mass is 10.3. The number of terminal acetylenes is 1. The minimum atomic E-state index is -3.46. The fourth-order valence-corrected chi connectivity index (χ4v) is 5.20. The lowest BCUT2D eigenvalue weighted by Gasteiger charge is -2.18. The Balaban J connectivity index is 2.26. The Morgan fingerprint density at radius 3 is 2.80 bits per heavy atom. The van der Waals surface area contributed by atoms with Gasteiger partial charge in [0.05, 0.1) is 6.54 Å². The molecule has 1 aromatic heterocycles. The number of hydrogen-bond acceptors (Lipinski definition) is 4. The van der Waals surface area contributed by atoms with Gasteiger partial charge in [0, 0.05) is 18.0 Å². The molecule has 0 aliphatic heterocycles. The maximum atomic E-state index is 12.7. The summed E-state index contributed by atoms with van der Waals surface area (Å²) in [6, 6.07) is 1.75. The molecule has 0 aromatic carbocycles. The number of sulfonamides is 1. The third-order valence-electron chi connectivity index (χ3n) is 3.36. The molecule has 0 bridgehead atoms. The molecule has 20 heavy (non-hydrogen) atoms. The Hall–Kier alpha value is -0.870. The monoisotopic (exact) mass is 312 g/mol. The Morgan fingerprint density at radius 1 is 1.55 bits per heavy atom. The number of rotatable bonds is 7. The summed E-state index contributed by atoms with van der Waals surface area (Å²) in [5.41, 5.74) is 1.01. The highest BCUT2D eigenvalue weighted by Gasteiger charge is 2.32. The van der Waals surface area contributed by atoms with Crippen LogP contribution in [-0.4, -0.2) is 32.9 Å². The van der Waals surface area contributed by atoms with Crippen LogP contribution in [0.15, 0.2) is 10.3 Å². The van der Waals surface area contributed by atoms with Crippen molar-refractivity contribution >= 4 is 21.4 Å². The molecule has 0 saturated heterocycles. The van der Waals surface area contributed by atoms with E-state index in [0.29, 0.717) is 23.2 Å². The first-order chi connectivity index (χ1) is 9.48. The SMILES string of the molecule is C#CCN(CC1CC1)S(=O)(=O)c1cc(C)c(CNC)s1. The summed E-state index contributed by atoms with van der Waals surface area (Å²) in [4.78, 5) is 1.05. The summed E-state index contributed by atoms with van der Waals surface area (Å²) in [5, 5.41) is 3.06. The highest BCUT2D eigenvalue weighted by molar-refractivity contribution is 7.91. The molecule has 6 heteroatoms. The fourth-order valence-electron chi connectivity index (χ4n) is 2.02. The van der Waals surface area contributed by atoms with E-state index in [4.69, 9.17) is 6.42 Å². The number of nitrogens with zero attached hydrogens (tertiary/aromatic N) is 1. The van der Waals surface area contributed by atoms with Crippen molar-refractivity contribution < 1.29 is 8.42 Å². The average molecular weight is 312 g/mol. The third-order valence-corrected chi connectivity index (χ3v) is 6.85. The average Bonchev–Trinajstić information content (AvgIpc) is 3.13. The van der Waals surface area contributed by atoms with Gasteiger partial charge in [-0.1, -0.05) is 5.92 Å². The minimum Gasteiger partial charge on any atom is -0.315 e. The van der Waals surface area contributed by atoms with Crippen LogP contribution in [0.25, 0.3) is 0 Å². The standard InChI is InChI=1S/C14H20N2O2S2/c1-4-7-16(10-12-5-6-12)20(17,18)14-8-11(2)13(19-14)9-15-3/h1,8,12,15H,5-7,9-10H2,2-3H3. The van der Waals surface area contributed by atoms with E-state index in [1.165, 1.54) is 15.6 Å². The van der Waals surface area contributed by atoms with Crippen molar-refractivity contribution in [3.05, 3.63) is 16.5 Å². The van der Waals surface area contributed by atoms with Crippen molar-refractivity contribution in [2.75, 3.05) is 20.1 Å². The van der Waals surface area contributed by atoms with Gasteiger partial charge in [-0.25, -0.2) is 8.42 Å². The lowest BCUT2D eigenvalue weighted by molar-refractivity contribution is 0.431. The van der Waals surface area contributed by atoms with Gasteiger partial charge >= 0.3 is 0 Å². The summed E-state index contributed by atoms with van der Waals surface area (Å²) < 4.78 is 27.2. The Bertz CT molecular complexity index is 610. The summed E-state index contributed by atoms with van der Waals surface area (Å²) in [5.74, 6) is 2.94. The first-order valence-electron chi connectivity index (χ1n) is 6.66. The van der Waals surface area contributed by atoms with Crippen molar-refractivity contribution in [1.82, 2.24) is 9.62 Å². The molecule has 1 aliphatic carbocycles. The molecule has 0 unspecified atom stereocenters. The van der Waals surface area contributed by atoms with Gasteiger partial charge in [-0.05, 0) is 44.4 Å². The third kappa shape index (κ3) is 3.41. The van der Waals surface area contributed by atoms with Crippen LogP contribution < -0.4 is 5.32 Å². The van der Waals surface area contributed by atoms with Crippen LogP contribution in [0.5, 0.6) is 0 Å². The molecule has 1 saturated carbocycles. The van der Waals surface area contributed by atoms with E-state index in [-0.39, 0.29) is 6.54 Å². The van der Waals surface area contributed by atoms with Crippen LogP contribution in [-0.2, 0) is 16.6 Å². The van der Waals surface area contributed by atoms with E-state index in [9.17, 15) is 8.42 Å². The molecule has 0 amide bonds. The topological polar surface area (TPSA) is 49.4 Å². The van der Waals surface area contributed by atoms with E-state index in [0.717, 1.165) is 23.3 Å². The summed E-state index contributed by atoms with van der Waals surface area (Å²) in [7, 11) is -1.60. The predicted molar refractivity (Wildman–Crippen MR) is 82.1 cm³/mol. The largest absolute Gasteiger partial charge is 0.315 e. The zero-order chi connectivity index (χ0) is 14.8. The second kappa shape index (κ2) is 6.27. The number of nitrogens with one attached hydrogen (secondary N) is 1. The van der Waals surface area contributed by atoms with Gasteiger partial charge in [-0.3, -0.25) is 0 Å². The van der Waals surface area contributed by atoms with Crippen molar-refractivity contribution in [3.8, 4) is 12.3 Å². The fraction of sp³-hybridized carbons (Fsp3) is 0.571. The van der Waals surface area contributed by atoms with Crippen molar-refractivity contribution in [2.24, 2.45) is 5.92 Å². The summed E-state index contributed by atoms with van der Waals surface area (Å²) in [6.45, 7) is 3.32. The molecule has 1 heterocycles. The van der Waals surface area contributed by atoms with Crippen LogP contribution in [0, 0.1) is 25.2 Å². The summed E-state index contributed by atoms with van der Waals surface area (Å²) in [6.07, 6.45) is 7.52. The van der Waals surface area contributed by atoms with Gasteiger partial charge in [0.15, 0.2) is 0 Å². The van der Waals surface area contributed by atoms with E-state index in [1.807, 2.05) is 14.0 Å². The van der Waals surface area contributed by atoms with E-state index in [2.05, 4.69) is 11.2 Å². The first-order valence-corrected chi connectivity index (χ1v) is 8.92. The normalized spacial score (nSPS) is 15.5. The highest BCUT2D eigenvalue weighted by Crippen LogP contribution is 2.33. The smallest absolute Gasteiger partial charge is 0.253 e. The molecular formula is C14H20N2O2S2. The second-order valence-corrected chi connectivity index (χ2v) is 8.45. The van der Waals surface area contributed by atoms with Crippen LogP contribution in [0.3, 0.4) is 0 Å². The number of thiophene rings is 1. The Kier molecular flexibility index (Phi) is 4.86. The Labute approximate surface area is 125 Å². The molecule has 1 aliphatic rings. The molecule has 0 atom stereocenters. The predicted octanol–water partition coefficient (Wildman–Crippen LogP) is 1.81. The van der Waals surface area contributed by atoms with E-state index < -0.39 is 10.0 Å². The molecule has 0 spiro atoms. The van der Waals surface area contributed by atoms with Gasteiger partial charge in [-0.15, -0.1) is 17.8 Å². The van der Waals surface area contributed by atoms with Crippen molar-refractivity contribution in [2.45, 2.75) is 30.5 Å². The van der Waals surface area contributed by atoms with Crippen molar-refractivity contribution in [3.63, 3.8) is 0 Å². The number of hydrogen-bond donors (Lipinski definition) is 1. The van der Waals surface area contributed by atoms with Crippen LogP contribution in [0.1, 0.15) is 23.3 Å². The van der Waals surface area contributed by atoms with Crippen LogP contribution in [0.2, 0.25) is 0 Å². The first kappa shape index (κ1) is 15.5. The molecule has 1 fully saturated rings. The molecule has 2 rings (SSSR count). The maximum Gasteiger partial charge on any atom is 0.253 e. The van der Waals surface area contributed by atoms with Gasteiger partial charge < -0.3 is 5.32 Å². The summed E-state index contributed by atoms with van der Waals surface area (Å²) >= 11 is 1.33. The van der Waals surface area contributed by atoms with Crippen molar-refractivity contribution in [1.29, 1.82) is 0 Å². The van der Waals surface area contributed by atoms with Gasteiger partial charge in [-0.2, -0.15) is 4.31 Å². The zero-order valence-corrected chi connectivity index (χ0v) is 13.5. The molecule has 0 radical (unpaired) electrons.